The van der Waals surface area contributed by atoms with Crippen LogP contribution in [0, 0.1) is 34.5 Å². The lowest BCUT2D eigenvalue weighted by Gasteiger charge is -2.60. The number of rotatable bonds is 4. The molecule has 5 rings (SSSR count). The average molecular weight is 407 g/mol. The normalized spacial score (nSPS) is 42.8. The van der Waals surface area contributed by atoms with Crippen molar-refractivity contribution in [3.63, 3.8) is 0 Å². The molecule has 0 bridgehead atoms. The summed E-state index contributed by atoms with van der Waals surface area (Å²) in [4.78, 5) is 12.3. The number of ketones is 1. The number of fused-ring (bicyclic) bond motifs is 5. The fraction of sp³-hybridized carbons (Fsp3) is 0.679. The highest BCUT2D eigenvalue weighted by molar-refractivity contribution is 5.91. The summed E-state index contributed by atoms with van der Waals surface area (Å²) in [5.41, 5.74) is 3.22. The van der Waals surface area contributed by atoms with Gasteiger partial charge in [0.25, 0.3) is 0 Å². The molecule has 0 saturated heterocycles. The monoisotopic (exact) mass is 406 g/mol. The minimum atomic E-state index is -0.119. The smallest absolute Gasteiger partial charge is 0.155 e. The van der Waals surface area contributed by atoms with Gasteiger partial charge in [-0.1, -0.05) is 49.8 Å². The van der Waals surface area contributed by atoms with Crippen LogP contribution in [0.25, 0.3) is 0 Å². The minimum Gasteiger partial charge on any atom is -0.393 e. The molecule has 0 aliphatic heterocycles. The summed E-state index contributed by atoms with van der Waals surface area (Å²) in [7, 11) is 0. The molecule has 0 spiro atoms. The van der Waals surface area contributed by atoms with E-state index in [4.69, 9.17) is 0 Å². The molecule has 4 aliphatic carbocycles. The fourth-order valence-electron chi connectivity index (χ4n) is 8.18. The van der Waals surface area contributed by atoms with Crippen LogP contribution in [-0.4, -0.2) is 17.0 Å². The molecule has 3 saturated carbocycles. The van der Waals surface area contributed by atoms with E-state index in [-0.39, 0.29) is 16.9 Å². The molecule has 3 fully saturated rings. The molecule has 4 aliphatic rings. The number of hydrogen-bond acceptors (Lipinski definition) is 2. The van der Waals surface area contributed by atoms with E-state index in [1.807, 2.05) is 6.08 Å². The third-order valence-corrected chi connectivity index (χ3v) is 9.97. The van der Waals surface area contributed by atoms with Gasteiger partial charge in [0.05, 0.1) is 6.10 Å². The molecule has 0 heterocycles. The minimum absolute atomic E-state index is 0.112. The standard InChI is InChI=1S/C28H38O2/c1-27-15-13-22(29)18-21(27)17-20(10-6-9-19-7-4-3-5-8-19)26-23-11-12-25(30)28(23,2)16-14-24(26)27/h3-5,7-8,18,20,23-26,30H,6,9-17H2,1-2H3/t20-,23-,24-,25-,26-,27-,28-/m0/s1. The molecule has 2 heteroatoms. The SMILES string of the molecule is C[C@]12CC[C@H]3[C@@H]([C@@H](CCCc4ccccc4)CC4=CC(=O)CC[C@@]43C)[C@@H]1CC[C@@H]2O. The van der Waals surface area contributed by atoms with E-state index in [2.05, 4.69) is 44.2 Å². The second-order valence-electron chi connectivity index (χ2n) is 11.3. The molecule has 0 radical (unpaired) electrons. The molecule has 7 atom stereocenters. The Morgan fingerprint density at radius 2 is 1.83 bits per heavy atom. The van der Waals surface area contributed by atoms with Gasteiger partial charge in [-0.05, 0) is 104 Å². The second kappa shape index (κ2) is 7.62. The Hall–Kier alpha value is -1.41. The Morgan fingerprint density at radius 1 is 1.03 bits per heavy atom. The van der Waals surface area contributed by atoms with Crippen LogP contribution in [-0.2, 0) is 11.2 Å². The molecule has 1 aromatic rings. The zero-order chi connectivity index (χ0) is 20.9. The van der Waals surface area contributed by atoms with Crippen molar-refractivity contribution in [1.82, 2.24) is 0 Å². The summed E-state index contributed by atoms with van der Waals surface area (Å²) in [6.07, 6.45) is 13.0. The summed E-state index contributed by atoms with van der Waals surface area (Å²) in [6, 6.07) is 10.9. The largest absolute Gasteiger partial charge is 0.393 e. The number of aryl methyl sites for hydroxylation is 1. The molecule has 2 nitrogen and oxygen atoms in total. The molecule has 0 aromatic heterocycles. The van der Waals surface area contributed by atoms with Gasteiger partial charge in [0.1, 0.15) is 0 Å². The van der Waals surface area contributed by atoms with E-state index in [0.29, 0.717) is 29.5 Å². The van der Waals surface area contributed by atoms with Crippen LogP contribution >= 0.6 is 0 Å². The predicted octanol–water partition coefficient (Wildman–Crippen LogP) is 6.13. The van der Waals surface area contributed by atoms with Crippen molar-refractivity contribution in [3.05, 3.63) is 47.5 Å². The summed E-state index contributed by atoms with van der Waals surface area (Å²) in [5, 5.41) is 10.9. The Morgan fingerprint density at radius 3 is 2.63 bits per heavy atom. The van der Waals surface area contributed by atoms with Gasteiger partial charge in [-0.25, -0.2) is 0 Å². The van der Waals surface area contributed by atoms with Crippen molar-refractivity contribution in [2.24, 2.45) is 34.5 Å². The fourth-order valence-corrected chi connectivity index (χ4v) is 8.18. The molecule has 1 aromatic carbocycles. The molecule has 0 amide bonds. The van der Waals surface area contributed by atoms with Crippen LogP contribution in [0.3, 0.4) is 0 Å². The van der Waals surface area contributed by atoms with Crippen LogP contribution in [0.5, 0.6) is 0 Å². The van der Waals surface area contributed by atoms with E-state index in [1.54, 1.807) is 0 Å². The maximum absolute atomic E-state index is 12.3. The van der Waals surface area contributed by atoms with Gasteiger partial charge >= 0.3 is 0 Å². The van der Waals surface area contributed by atoms with Crippen LogP contribution in [0.1, 0.15) is 77.2 Å². The van der Waals surface area contributed by atoms with Crippen molar-refractivity contribution in [1.29, 1.82) is 0 Å². The third-order valence-electron chi connectivity index (χ3n) is 9.97. The van der Waals surface area contributed by atoms with E-state index in [0.717, 1.165) is 38.5 Å². The number of aliphatic hydroxyl groups is 1. The van der Waals surface area contributed by atoms with Crippen molar-refractivity contribution in [2.45, 2.75) is 84.2 Å². The Bertz CT molecular complexity index is 826. The number of aliphatic hydroxyl groups excluding tert-OH is 1. The Kier molecular flexibility index (Phi) is 5.21. The third kappa shape index (κ3) is 3.22. The summed E-state index contributed by atoms with van der Waals surface area (Å²) in [5.74, 6) is 3.08. The molecule has 30 heavy (non-hydrogen) atoms. The Balaban J connectivity index is 1.43. The first kappa shape index (κ1) is 20.5. The van der Waals surface area contributed by atoms with Gasteiger partial charge in [0.2, 0.25) is 0 Å². The van der Waals surface area contributed by atoms with Gasteiger partial charge in [0, 0.05) is 6.42 Å². The molecule has 162 valence electrons. The predicted molar refractivity (Wildman–Crippen MR) is 121 cm³/mol. The lowest BCUT2D eigenvalue weighted by molar-refractivity contribution is -0.120. The summed E-state index contributed by atoms with van der Waals surface area (Å²) < 4.78 is 0. The van der Waals surface area contributed by atoms with E-state index < -0.39 is 0 Å². The quantitative estimate of drug-likeness (QED) is 0.653. The van der Waals surface area contributed by atoms with Crippen LogP contribution in [0.4, 0.5) is 0 Å². The van der Waals surface area contributed by atoms with Crippen molar-refractivity contribution in [3.8, 4) is 0 Å². The molecule has 1 N–H and O–H groups in total. The second-order valence-corrected chi connectivity index (χ2v) is 11.3. The van der Waals surface area contributed by atoms with Crippen LogP contribution < -0.4 is 0 Å². The first-order chi connectivity index (χ1) is 14.4. The maximum Gasteiger partial charge on any atom is 0.155 e. The van der Waals surface area contributed by atoms with Gasteiger partial charge in [0.15, 0.2) is 5.78 Å². The lowest BCUT2D eigenvalue weighted by atomic mass is 9.44. The zero-order valence-electron chi connectivity index (χ0n) is 18.8. The first-order valence-corrected chi connectivity index (χ1v) is 12.4. The number of carbonyl (C=O) groups is 1. The first-order valence-electron chi connectivity index (χ1n) is 12.4. The van der Waals surface area contributed by atoms with Gasteiger partial charge < -0.3 is 5.11 Å². The maximum atomic E-state index is 12.3. The van der Waals surface area contributed by atoms with E-state index >= 15 is 0 Å². The number of benzene rings is 1. The van der Waals surface area contributed by atoms with Crippen molar-refractivity contribution < 1.29 is 9.90 Å². The van der Waals surface area contributed by atoms with Crippen molar-refractivity contribution >= 4 is 5.78 Å². The van der Waals surface area contributed by atoms with E-state index in [9.17, 15) is 9.90 Å². The molecule has 0 unspecified atom stereocenters. The molecular formula is C28H38O2. The number of carbonyl (C=O) groups excluding carboxylic acids is 1. The van der Waals surface area contributed by atoms with Crippen molar-refractivity contribution in [2.75, 3.05) is 0 Å². The number of allylic oxidation sites excluding steroid dienone is 1. The highest BCUT2D eigenvalue weighted by Crippen LogP contribution is 2.67. The number of hydrogen-bond donors (Lipinski definition) is 1. The van der Waals surface area contributed by atoms with E-state index in [1.165, 1.54) is 36.8 Å². The van der Waals surface area contributed by atoms with Crippen LogP contribution in [0.2, 0.25) is 0 Å². The average Bonchev–Trinajstić information content (AvgIpc) is 3.04. The highest BCUT2D eigenvalue weighted by atomic mass is 16.3. The highest BCUT2D eigenvalue weighted by Gasteiger charge is 2.60. The van der Waals surface area contributed by atoms with Gasteiger partial charge in [-0.15, -0.1) is 0 Å². The van der Waals surface area contributed by atoms with Gasteiger partial charge in [-0.2, -0.15) is 0 Å². The summed E-state index contributed by atoms with van der Waals surface area (Å²) >= 11 is 0. The zero-order valence-corrected chi connectivity index (χ0v) is 18.8. The molecular weight excluding hydrogens is 368 g/mol. The Labute approximate surface area is 182 Å². The van der Waals surface area contributed by atoms with Crippen LogP contribution in [0.15, 0.2) is 42.0 Å². The van der Waals surface area contributed by atoms with Gasteiger partial charge in [-0.3, -0.25) is 4.79 Å². The lowest BCUT2D eigenvalue weighted by Crippen LogP contribution is -2.54. The summed E-state index contributed by atoms with van der Waals surface area (Å²) in [6.45, 7) is 4.85. The topological polar surface area (TPSA) is 37.3 Å².